The van der Waals surface area contributed by atoms with Crippen molar-refractivity contribution in [1.82, 2.24) is 18.8 Å². The fourth-order valence-electron chi connectivity index (χ4n) is 3.81. The van der Waals surface area contributed by atoms with E-state index >= 15 is 0 Å². The van der Waals surface area contributed by atoms with Crippen molar-refractivity contribution in [3.05, 3.63) is 28.8 Å². The van der Waals surface area contributed by atoms with Crippen LogP contribution in [0.3, 0.4) is 0 Å². The van der Waals surface area contributed by atoms with Crippen molar-refractivity contribution in [3.63, 3.8) is 0 Å². The zero-order valence-electron chi connectivity index (χ0n) is 14.7. The van der Waals surface area contributed by atoms with Crippen LogP contribution >= 0.6 is 0 Å². The molecule has 0 aromatic carbocycles. The second-order valence-electron chi connectivity index (χ2n) is 6.91. The molecule has 4 heterocycles. The first kappa shape index (κ1) is 16.8. The van der Waals surface area contributed by atoms with Gasteiger partial charge in [0.25, 0.3) is 10.2 Å². The molecule has 1 fully saturated rings. The summed E-state index contributed by atoms with van der Waals surface area (Å²) in [6.45, 7) is 5.94. The van der Waals surface area contributed by atoms with Crippen LogP contribution in [0.5, 0.6) is 0 Å². The molecule has 2 aliphatic heterocycles. The summed E-state index contributed by atoms with van der Waals surface area (Å²) >= 11 is 0. The smallest absolute Gasteiger partial charge is 0.282 e. The van der Waals surface area contributed by atoms with E-state index in [2.05, 4.69) is 10.2 Å². The summed E-state index contributed by atoms with van der Waals surface area (Å²) in [7, 11) is -3.41. The number of rotatable bonds is 3. The first-order chi connectivity index (χ1) is 12.0. The molecule has 1 N–H and O–H groups in total. The number of furan rings is 1. The third-order valence-corrected chi connectivity index (χ3v) is 7.14. The van der Waals surface area contributed by atoms with Gasteiger partial charge in [-0.3, -0.25) is 5.10 Å². The van der Waals surface area contributed by atoms with Crippen LogP contribution in [0.1, 0.15) is 42.0 Å². The summed E-state index contributed by atoms with van der Waals surface area (Å²) in [5.74, 6) is 1.64. The molecule has 0 spiro atoms. The second kappa shape index (κ2) is 6.26. The molecule has 136 valence electrons. The maximum atomic E-state index is 13.0. The molecule has 0 aliphatic carbocycles. The molecule has 0 radical (unpaired) electrons. The fraction of sp³-hybridized carbons (Fsp3) is 0.588. The molecule has 25 heavy (non-hydrogen) atoms. The van der Waals surface area contributed by atoms with Crippen LogP contribution in [-0.2, 0) is 23.2 Å². The molecule has 7 nitrogen and oxygen atoms in total. The van der Waals surface area contributed by atoms with Gasteiger partial charge in [-0.05, 0) is 32.8 Å². The van der Waals surface area contributed by atoms with E-state index in [-0.39, 0.29) is 0 Å². The monoisotopic (exact) mass is 364 g/mol. The number of fused-ring (bicyclic) bond motifs is 1. The Labute approximate surface area is 148 Å². The number of nitrogens with zero attached hydrogens (tertiary/aromatic N) is 3. The average molecular weight is 364 g/mol. The van der Waals surface area contributed by atoms with Crippen molar-refractivity contribution in [3.8, 4) is 11.3 Å². The molecule has 0 atom stereocenters. The van der Waals surface area contributed by atoms with Gasteiger partial charge in [0, 0.05) is 49.4 Å². The number of H-pyrrole nitrogens is 1. The van der Waals surface area contributed by atoms with E-state index in [9.17, 15) is 8.42 Å². The summed E-state index contributed by atoms with van der Waals surface area (Å²) in [6.07, 6.45) is 3.66. The van der Waals surface area contributed by atoms with E-state index in [4.69, 9.17) is 4.42 Å². The number of aromatic nitrogens is 2. The Kier molecular flexibility index (Phi) is 4.21. The van der Waals surface area contributed by atoms with Gasteiger partial charge in [-0.2, -0.15) is 22.1 Å². The zero-order chi connectivity index (χ0) is 17.6. The maximum absolute atomic E-state index is 13.0. The highest BCUT2D eigenvalue weighted by Crippen LogP contribution is 2.33. The molecule has 8 heteroatoms. The maximum Gasteiger partial charge on any atom is 0.282 e. The van der Waals surface area contributed by atoms with Crippen molar-refractivity contribution < 1.29 is 12.8 Å². The van der Waals surface area contributed by atoms with E-state index in [1.807, 2.05) is 19.9 Å². The van der Waals surface area contributed by atoms with Gasteiger partial charge in [-0.25, -0.2) is 0 Å². The number of hydrogen-bond acceptors (Lipinski definition) is 4. The summed E-state index contributed by atoms with van der Waals surface area (Å²) in [6, 6.07) is 1.96. The van der Waals surface area contributed by atoms with Crippen LogP contribution in [0, 0.1) is 13.8 Å². The van der Waals surface area contributed by atoms with Crippen molar-refractivity contribution in [2.24, 2.45) is 0 Å². The van der Waals surface area contributed by atoms with E-state index in [1.165, 1.54) is 0 Å². The molecule has 1 saturated heterocycles. The summed E-state index contributed by atoms with van der Waals surface area (Å²) in [5.41, 5.74) is 3.74. The van der Waals surface area contributed by atoms with Gasteiger partial charge in [-0.1, -0.05) is 6.42 Å². The zero-order valence-corrected chi connectivity index (χ0v) is 15.5. The van der Waals surface area contributed by atoms with Crippen molar-refractivity contribution in [2.75, 3.05) is 19.6 Å². The van der Waals surface area contributed by atoms with Gasteiger partial charge < -0.3 is 4.42 Å². The quantitative estimate of drug-likeness (QED) is 0.906. The number of aryl methyl sites for hydroxylation is 2. The summed E-state index contributed by atoms with van der Waals surface area (Å²) < 4.78 is 34.8. The predicted molar refractivity (Wildman–Crippen MR) is 94.2 cm³/mol. The molecule has 2 aromatic heterocycles. The molecular weight excluding hydrogens is 340 g/mol. The van der Waals surface area contributed by atoms with Gasteiger partial charge in [0.2, 0.25) is 0 Å². The molecular formula is C17H24N4O3S. The highest BCUT2D eigenvalue weighted by atomic mass is 32.2. The molecule has 0 saturated carbocycles. The highest BCUT2D eigenvalue weighted by Gasteiger charge is 2.35. The number of nitrogens with one attached hydrogen (secondary N) is 1. The summed E-state index contributed by atoms with van der Waals surface area (Å²) in [5, 5.41) is 7.54. The number of aromatic amines is 1. The third kappa shape index (κ3) is 2.92. The number of piperidine rings is 1. The van der Waals surface area contributed by atoms with Crippen molar-refractivity contribution in [1.29, 1.82) is 0 Å². The lowest BCUT2D eigenvalue weighted by Crippen LogP contribution is -2.47. The second-order valence-corrected chi connectivity index (χ2v) is 8.84. The van der Waals surface area contributed by atoms with Gasteiger partial charge >= 0.3 is 0 Å². The minimum absolute atomic E-state index is 0.365. The molecule has 0 unspecified atom stereocenters. The first-order valence-electron chi connectivity index (χ1n) is 8.85. The van der Waals surface area contributed by atoms with Crippen LogP contribution in [0.4, 0.5) is 0 Å². The van der Waals surface area contributed by atoms with Gasteiger partial charge in [0.1, 0.15) is 17.2 Å². The largest absolute Gasteiger partial charge is 0.466 e. The van der Waals surface area contributed by atoms with Crippen LogP contribution < -0.4 is 0 Å². The topological polar surface area (TPSA) is 82.4 Å². The van der Waals surface area contributed by atoms with Crippen LogP contribution in [0.25, 0.3) is 11.3 Å². The summed E-state index contributed by atoms with van der Waals surface area (Å²) in [4.78, 5) is 0. The normalized spacial score (nSPS) is 19.9. The lowest BCUT2D eigenvalue weighted by Gasteiger charge is -2.33. The average Bonchev–Trinajstić information content (AvgIpc) is 3.17. The van der Waals surface area contributed by atoms with E-state index in [1.54, 1.807) is 8.61 Å². The Bertz CT molecular complexity index is 878. The predicted octanol–water partition coefficient (Wildman–Crippen LogP) is 2.38. The van der Waals surface area contributed by atoms with Crippen LogP contribution in [0.15, 0.2) is 10.5 Å². The highest BCUT2D eigenvalue weighted by molar-refractivity contribution is 7.86. The molecule has 4 rings (SSSR count). The Morgan fingerprint density at radius 1 is 1.12 bits per heavy atom. The van der Waals surface area contributed by atoms with E-state index < -0.39 is 10.2 Å². The van der Waals surface area contributed by atoms with Crippen molar-refractivity contribution in [2.45, 2.75) is 46.1 Å². The lowest BCUT2D eigenvalue weighted by atomic mass is 10.0. The minimum atomic E-state index is -3.41. The Balaban J connectivity index is 1.65. The van der Waals surface area contributed by atoms with Gasteiger partial charge in [0.15, 0.2) is 0 Å². The Morgan fingerprint density at radius 3 is 2.56 bits per heavy atom. The van der Waals surface area contributed by atoms with Crippen LogP contribution in [-0.4, -0.2) is 46.9 Å². The molecule has 0 amide bonds. The van der Waals surface area contributed by atoms with Crippen LogP contribution in [0.2, 0.25) is 0 Å². The fourth-order valence-corrected chi connectivity index (χ4v) is 5.48. The Hall–Kier alpha value is -1.64. The number of hydrogen-bond donors (Lipinski definition) is 1. The molecule has 2 aliphatic rings. The third-order valence-electron chi connectivity index (χ3n) is 5.16. The van der Waals surface area contributed by atoms with Gasteiger partial charge in [0.05, 0.1) is 0 Å². The molecule has 0 bridgehead atoms. The standard InChI is InChI=1S/C17H24N4O3S/c1-12-10-14(13(2)24-12)17-15-11-21(9-6-16(15)18-19-17)25(22,23)20-7-4-3-5-8-20/h10H,3-9,11H2,1-2H3,(H,18,19). The Morgan fingerprint density at radius 2 is 1.88 bits per heavy atom. The van der Waals surface area contributed by atoms with Gasteiger partial charge in [-0.15, -0.1) is 0 Å². The van der Waals surface area contributed by atoms with E-state index in [0.717, 1.165) is 53.3 Å². The minimum Gasteiger partial charge on any atom is -0.466 e. The van der Waals surface area contributed by atoms with Crippen molar-refractivity contribution >= 4 is 10.2 Å². The lowest BCUT2D eigenvalue weighted by molar-refractivity contribution is 0.295. The molecule has 2 aromatic rings. The van der Waals surface area contributed by atoms with E-state index in [0.29, 0.717) is 32.6 Å². The SMILES string of the molecule is Cc1cc(-c2n[nH]c3c2CN(S(=O)(=O)N2CCCCC2)CC3)c(C)o1. The first-order valence-corrected chi connectivity index (χ1v) is 10.3.